The van der Waals surface area contributed by atoms with Gasteiger partial charge in [-0.15, -0.1) is 0 Å². The van der Waals surface area contributed by atoms with Gasteiger partial charge in [-0.3, -0.25) is 4.98 Å². The maximum absolute atomic E-state index is 14.0. The number of halogens is 2. The van der Waals surface area contributed by atoms with Crippen LogP contribution in [-0.4, -0.2) is 24.1 Å². The summed E-state index contributed by atoms with van der Waals surface area (Å²) in [6.07, 6.45) is 7.62. The molecule has 142 valence electrons. The van der Waals surface area contributed by atoms with Gasteiger partial charge in [0.2, 0.25) is 0 Å². The molecule has 0 aliphatic heterocycles. The first-order valence-electron chi connectivity index (χ1n) is 8.96. The third-order valence-corrected chi connectivity index (χ3v) is 4.74. The fraction of sp³-hybridized carbons (Fsp3) is 0.190. The van der Waals surface area contributed by atoms with E-state index >= 15 is 0 Å². The topological polar surface area (TPSA) is 48.5 Å². The van der Waals surface area contributed by atoms with E-state index in [4.69, 9.17) is 0 Å². The molecule has 3 heterocycles. The second-order valence-corrected chi connectivity index (χ2v) is 6.42. The maximum Gasteiger partial charge on any atom is 0.291 e. The van der Waals surface area contributed by atoms with Crippen molar-refractivity contribution in [2.75, 3.05) is 0 Å². The molecule has 0 fully saturated rings. The van der Waals surface area contributed by atoms with Gasteiger partial charge in [0.15, 0.2) is 0 Å². The van der Waals surface area contributed by atoms with Crippen LogP contribution in [0.5, 0.6) is 0 Å². The number of aryl methyl sites for hydroxylation is 1. The zero-order valence-electron chi connectivity index (χ0n) is 15.4. The van der Waals surface area contributed by atoms with E-state index in [2.05, 4.69) is 33.0 Å². The molecule has 7 heteroatoms. The van der Waals surface area contributed by atoms with Crippen LogP contribution in [0.25, 0.3) is 22.4 Å². The summed E-state index contributed by atoms with van der Waals surface area (Å²) >= 11 is 0. The molecule has 0 unspecified atom stereocenters. The second-order valence-electron chi connectivity index (χ2n) is 6.42. The highest BCUT2D eigenvalue weighted by Crippen LogP contribution is 2.31. The van der Waals surface area contributed by atoms with Crippen LogP contribution in [0, 0.1) is 0 Å². The predicted octanol–water partition coefficient (Wildman–Crippen LogP) is 4.64. The summed E-state index contributed by atoms with van der Waals surface area (Å²) in [5, 5.41) is 0. The third kappa shape index (κ3) is 3.09. The third-order valence-electron chi connectivity index (χ3n) is 4.74. The number of nitrogens with zero attached hydrogens (tertiary/aromatic N) is 5. The summed E-state index contributed by atoms with van der Waals surface area (Å²) in [6, 6.07) is 8.16. The fourth-order valence-corrected chi connectivity index (χ4v) is 3.34. The van der Waals surface area contributed by atoms with Gasteiger partial charge in [-0.1, -0.05) is 24.8 Å². The number of rotatable bonds is 6. The number of hydrogen-bond donors (Lipinski definition) is 0. The Morgan fingerprint density at radius 2 is 2.07 bits per heavy atom. The van der Waals surface area contributed by atoms with Crippen molar-refractivity contribution < 1.29 is 8.78 Å². The average Bonchev–Trinajstić information content (AvgIpc) is 3.32. The summed E-state index contributed by atoms with van der Waals surface area (Å²) in [6.45, 7) is 6.52. The highest BCUT2D eigenvalue weighted by molar-refractivity contribution is 5.74. The van der Waals surface area contributed by atoms with E-state index in [1.165, 1.54) is 12.1 Å². The van der Waals surface area contributed by atoms with Crippen molar-refractivity contribution in [2.24, 2.45) is 0 Å². The van der Waals surface area contributed by atoms with Crippen LogP contribution in [0.3, 0.4) is 0 Å². The predicted molar refractivity (Wildman–Crippen MR) is 104 cm³/mol. The van der Waals surface area contributed by atoms with Gasteiger partial charge in [-0.05, 0) is 25.1 Å². The lowest BCUT2D eigenvalue weighted by atomic mass is 10.0. The minimum atomic E-state index is -3.09. The Balaban J connectivity index is 1.74. The molecule has 1 aromatic carbocycles. The van der Waals surface area contributed by atoms with E-state index in [9.17, 15) is 8.78 Å². The van der Waals surface area contributed by atoms with Crippen molar-refractivity contribution in [1.82, 2.24) is 24.1 Å². The van der Waals surface area contributed by atoms with Crippen molar-refractivity contribution in [3.05, 3.63) is 79.2 Å². The van der Waals surface area contributed by atoms with E-state index in [0.717, 1.165) is 23.4 Å². The fourth-order valence-electron chi connectivity index (χ4n) is 3.34. The summed E-state index contributed by atoms with van der Waals surface area (Å²) in [7, 11) is 0. The molecule has 0 saturated carbocycles. The van der Waals surface area contributed by atoms with E-state index in [1.807, 2.05) is 16.8 Å². The molecule has 0 saturated heterocycles. The number of alkyl halides is 2. The molecule has 0 bridgehead atoms. The minimum Gasteiger partial charge on any atom is -0.327 e. The molecule has 0 aliphatic rings. The van der Waals surface area contributed by atoms with Gasteiger partial charge in [-0.2, -0.15) is 8.78 Å². The molecule has 3 aromatic heterocycles. The van der Waals surface area contributed by atoms with Gasteiger partial charge in [0, 0.05) is 36.3 Å². The summed E-state index contributed by atoms with van der Waals surface area (Å²) < 4.78 is 32.0. The number of hydrogen-bond acceptors (Lipinski definition) is 3. The number of pyridine rings is 1. The normalized spacial score (nSPS) is 11.8. The van der Waals surface area contributed by atoms with E-state index in [0.29, 0.717) is 24.0 Å². The molecule has 4 rings (SSSR count). The Bertz CT molecular complexity index is 1140. The van der Waals surface area contributed by atoms with Crippen LogP contribution in [0.1, 0.15) is 18.3 Å². The van der Waals surface area contributed by atoms with Crippen LogP contribution in [-0.2, 0) is 19.0 Å². The molecular weight excluding hydrogens is 360 g/mol. The van der Waals surface area contributed by atoms with Crippen LogP contribution < -0.4 is 0 Å². The Morgan fingerprint density at radius 1 is 1.21 bits per heavy atom. The molecule has 0 aliphatic carbocycles. The van der Waals surface area contributed by atoms with Gasteiger partial charge in [0.05, 0.1) is 18.3 Å². The zero-order chi connectivity index (χ0) is 19.7. The SMILES string of the molecule is C=CC(F)(F)c1cccc(-c2nccn2Cc2nc3cnccc3n2CC)c1. The van der Waals surface area contributed by atoms with Crippen molar-refractivity contribution >= 4 is 11.0 Å². The first-order valence-corrected chi connectivity index (χ1v) is 8.96. The number of fused-ring (bicyclic) bond motifs is 1. The van der Waals surface area contributed by atoms with Gasteiger partial charge >= 0.3 is 0 Å². The lowest BCUT2D eigenvalue weighted by Gasteiger charge is -2.14. The van der Waals surface area contributed by atoms with E-state index in [1.54, 1.807) is 30.7 Å². The molecule has 0 N–H and O–H groups in total. The lowest BCUT2D eigenvalue weighted by Crippen LogP contribution is -2.10. The van der Waals surface area contributed by atoms with Crippen molar-refractivity contribution in [3.63, 3.8) is 0 Å². The first kappa shape index (κ1) is 18.0. The molecule has 0 amide bonds. The highest BCUT2D eigenvalue weighted by atomic mass is 19.3. The average molecular weight is 379 g/mol. The highest BCUT2D eigenvalue weighted by Gasteiger charge is 2.27. The van der Waals surface area contributed by atoms with Gasteiger partial charge in [0.1, 0.15) is 17.2 Å². The van der Waals surface area contributed by atoms with Crippen molar-refractivity contribution in [1.29, 1.82) is 0 Å². The van der Waals surface area contributed by atoms with E-state index < -0.39 is 5.92 Å². The summed E-state index contributed by atoms with van der Waals surface area (Å²) in [5.41, 5.74) is 2.35. The number of imidazole rings is 2. The summed E-state index contributed by atoms with van der Waals surface area (Å²) in [5.74, 6) is -1.62. The van der Waals surface area contributed by atoms with E-state index in [-0.39, 0.29) is 5.56 Å². The van der Waals surface area contributed by atoms with Crippen LogP contribution in [0.4, 0.5) is 8.78 Å². The first-order chi connectivity index (χ1) is 13.5. The number of benzene rings is 1. The molecule has 0 radical (unpaired) electrons. The Hall–Kier alpha value is -3.35. The maximum atomic E-state index is 14.0. The molecule has 0 atom stereocenters. The monoisotopic (exact) mass is 379 g/mol. The zero-order valence-corrected chi connectivity index (χ0v) is 15.4. The molecule has 5 nitrogen and oxygen atoms in total. The largest absolute Gasteiger partial charge is 0.327 e. The van der Waals surface area contributed by atoms with Gasteiger partial charge in [-0.25, -0.2) is 9.97 Å². The smallest absolute Gasteiger partial charge is 0.291 e. The Kier molecular flexibility index (Phi) is 4.50. The van der Waals surface area contributed by atoms with Crippen molar-refractivity contribution in [3.8, 4) is 11.4 Å². The molecule has 28 heavy (non-hydrogen) atoms. The quantitative estimate of drug-likeness (QED) is 0.459. The molecule has 4 aromatic rings. The van der Waals surface area contributed by atoms with Gasteiger partial charge < -0.3 is 9.13 Å². The minimum absolute atomic E-state index is 0.110. The van der Waals surface area contributed by atoms with Crippen molar-refractivity contribution in [2.45, 2.75) is 25.9 Å². The molecular formula is C21H19F2N5. The Morgan fingerprint density at radius 3 is 2.86 bits per heavy atom. The van der Waals surface area contributed by atoms with Crippen LogP contribution in [0.2, 0.25) is 0 Å². The van der Waals surface area contributed by atoms with Gasteiger partial charge in [0.25, 0.3) is 5.92 Å². The number of aromatic nitrogens is 5. The van der Waals surface area contributed by atoms with Crippen LogP contribution >= 0.6 is 0 Å². The molecule has 0 spiro atoms. The summed E-state index contributed by atoms with van der Waals surface area (Å²) in [4.78, 5) is 13.2. The van der Waals surface area contributed by atoms with Crippen LogP contribution in [0.15, 0.2) is 67.8 Å². The number of allylic oxidation sites excluding steroid dienone is 1. The second kappa shape index (κ2) is 6.99. The standard InChI is InChI=1S/C21H19F2N5/c1-3-21(22,23)16-7-5-6-15(12-16)20-25-10-11-27(20)14-19-26-17-13-24-9-8-18(17)28(19)4-2/h3,5-13H,1,4,14H2,2H3. The Labute approximate surface area is 161 Å². The lowest BCUT2D eigenvalue weighted by molar-refractivity contribution is 0.0526.